The monoisotopic (exact) mass is 485 g/mol. The summed E-state index contributed by atoms with van der Waals surface area (Å²) < 4.78 is 21.4. The average Bonchev–Trinajstić information content (AvgIpc) is 3.27. The second kappa shape index (κ2) is 13.2. The van der Waals surface area contributed by atoms with Crippen LogP contribution in [0.3, 0.4) is 0 Å². The molecule has 34 heavy (non-hydrogen) atoms. The first-order valence-electron chi connectivity index (χ1n) is 10.8. The van der Waals surface area contributed by atoms with E-state index in [4.69, 9.17) is 30.3 Å². The van der Waals surface area contributed by atoms with E-state index in [1.807, 2.05) is 13.8 Å². The van der Waals surface area contributed by atoms with Crippen molar-refractivity contribution >= 4 is 23.1 Å². The lowest BCUT2D eigenvalue weighted by Crippen LogP contribution is -2.06. The summed E-state index contributed by atoms with van der Waals surface area (Å²) in [6.07, 6.45) is 3.99. The summed E-state index contributed by atoms with van der Waals surface area (Å²) in [6, 6.07) is 7.20. The fraction of sp³-hybridized carbons (Fsp3) is 0.360. The first-order chi connectivity index (χ1) is 16.3. The van der Waals surface area contributed by atoms with E-state index in [0.29, 0.717) is 52.9 Å². The van der Waals surface area contributed by atoms with Gasteiger partial charge in [-0.1, -0.05) is 29.4 Å². The Morgan fingerprint density at radius 3 is 2.76 bits per heavy atom. The second-order valence-electron chi connectivity index (χ2n) is 7.33. The Labute approximate surface area is 204 Å². The molecule has 0 saturated heterocycles. The van der Waals surface area contributed by atoms with Gasteiger partial charge in [-0.3, -0.25) is 4.79 Å². The lowest BCUT2D eigenvalue weighted by Gasteiger charge is -2.11. The highest BCUT2D eigenvalue weighted by Crippen LogP contribution is 2.30. The van der Waals surface area contributed by atoms with Crippen LogP contribution in [0, 0.1) is 11.3 Å². The van der Waals surface area contributed by atoms with Crippen LogP contribution in [0.15, 0.2) is 52.2 Å². The number of ether oxygens (including phenoxy) is 3. The Bertz CT molecular complexity index is 1110. The molecule has 1 heterocycles. The lowest BCUT2D eigenvalue weighted by atomic mass is 10.1. The number of carbonyl (C=O) groups is 1. The molecule has 180 valence electrons. The van der Waals surface area contributed by atoms with Crippen LogP contribution in [0.2, 0.25) is 0 Å². The molecule has 2 rings (SSSR count). The van der Waals surface area contributed by atoms with Crippen molar-refractivity contribution in [2.75, 3.05) is 13.2 Å². The van der Waals surface area contributed by atoms with Crippen molar-refractivity contribution in [2.45, 2.75) is 46.6 Å². The van der Waals surface area contributed by atoms with E-state index in [0.717, 1.165) is 0 Å². The Morgan fingerprint density at radius 2 is 2.12 bits per heavy atom. The minimum Gasteiger partial charge on any atom is -0.494 e. The molecule has 0 unspecified atom stereocenters. The molecule has 0 bridgehead atoms. The minimum atomic E-state index is -0.265. The topological polar surface area (TPSA) is 107 Å². The van der Waals surface area contributed by atoms with Crippen molar-refractivity contribution in [1.82, 2.24) is 10.1 Å². The zero-order valence-electron chi connectivity index (χ0n) is 19.8. The molecule has 0 saturated carbocycles. The maximum absolute atomic E-state index is 11.4. The van der Waals surface area contributed by atoms with E-state index in [1.165, 1.54) is 0 Å². The van der Waals surface area contributed by atoms with Gasteiger partial charge in [-0.25, -0.2) is 0 Å². The molecule has 1 aromatic heterocycles. The molecule has 2 aromatic rings. The van der Waals surface area contributed by atoms with Crippen LogP contribution < -0.4 is 4.74 Å². The molecule has 0 fully saturated rings. The number of nitrogens with zero attached hydrogens (tertiary/aromatic N) is 3. The summed E-state index contributed by atoms with van der Waals surface area (Å²) in [5, 5.41) is 13.8. The number of carbonyl (C=O) groups excluding carboxylic acids is 1. The van der Waals surface area contributed by atoms with Crippen LogP contribution in [0.5, 0.6) is 5.75 Å². The number of hydrogen-bond acceptors (Lipinski definition) is 8. The Hall–Kier alpha value is -3.57. The highest BCUT2D eigenvalue weighted by Gasteiger charge is 2.17. The summed E-state index contributed by atoms with van der Waals surface area (Å²) in [6.45, 7) is 11.8. The van der Waals surface area contributed by atoms with Crippen molar-refractivity contribution < 1.29 is 23.5 Å². The largest absolute Gasteiger partial charge is 0.494 e. The van der Waals surface area contributed by atoms with E-state index in [2.05, 4.69) is 22.8 Å². The van der Waals surface area contributed by atoms with Crippen molar-refractivity contribution in [3.8, 4) is 23.3 Å². The number of allylic oxidation sites excluding steroid dienone is 4. The quantitative estimate of drug-likeness (QED) is 0.161. The van der Waals surface area contributed by atoms with Gasteiger partial charge in [0.15, 0.2) is 0 Å². The molecule has 0 spiro atoms. The summed E-state index contributed by atoms with van der Waals surface area (Å²) >= 11 is 6.45. The van der Waals surface area contributed by atoms with Crippen LogP contribution >= 0.6 is 11.6 Å². The zero-order valence-corrected chi connectivity index (χ0v) is 20.5. The van der Waals surface area contributed by atoms with Gasteiger partial charge in [0.1, 0.15) is 17.6 Å². The molecule has 0 aliphatic heterocycles. The average molecular weight is 486 g/mol. The molecule has 0 N–H and O–H groups in total. The van der Waals surface area contributed by atoms with Gasteiger partial charge in [0, 0.05) is 17.6 Å². The first kappa shape index (κ1) is 26.7. The van der Waals surface area contributed by atoms with Gasteiger partial charge in [0.05, 0.1) is 29.9 Å². The van der Waals surface area contributed by atoms with E-state index in [9.17, 15) is 10.1 Å². The van der Waals surface area contributed by atoms with E-state index in [-0.39, 0.29) is 30.2 Å². The Kier molecular flexibility index (Phi) is 10.4. The smallest absolute Gasteiger partial charge is 0.305 e. The molecule has 0 aliphatic carbocycles. The molecular formula is C25H28ClN3O5. The van der Waals surface area contributed by atoms with Gasteiger partial charge in [-0.15, -0.1) is 0 Å². The van der Waals surface area contributed by atoms with Crippen LogP contribution in [0.1, 0.15) is 51.9 Å². The second-order valence-corrected chi connectivity index (χ2v) is 7.74. The number of benzene rings is 1. The van der Waals surface area contributed by atoms with Crippen LogP contribution in [-0.4, -0.2) is 35.4 Å². The third-order valence-electron chi connectivity index (χ3n) is 4.33. The number of hydrogen-bond donors (Lipinski definition) is 0. The van der Waals surface area contributed by atoms with Crippen molar-refractivity contribution in [2.24, 2.45) is 0 Å². The molecule has 8 nitrogen and oxygen atoms in total. The predicted molar refractivity (Wildman–Crippen MR) is 129 cm³/mol. The zero-order chi connectivity index (χ0) is 25.1. The third-order valence-corrected chi connectivity index (χ3v) is 4.64. The summed E-state index contributed by atoms with van der Waals surface area (Å²) in [5.74, 6) is 1.06. The van der Waals surface area contributed by atoms with E-state index >= 15 is 0 Å². The number of esters is 1. The standard InChI is InChI=1S/C25H28ClN3O5/c1-6-20(21(26)13-17(5)32-12-8-9-23(30)31-7-2)24-28-25(34-29-24)18-10-11-22(33-16(3)4)19(14-18)15-27/h6,10-11,13-14,16H,5,7-9,12H2,1-4H3. The Morgan fingerprint density at radius 1 is 1.35 bits per heavy atom. The van der Waals surface area contributed by atoms with Crippen LogP contribution in [0.25, 0.3) is 17.0 Å². The van der Waals surface area contributed by atoms with Crippen LogP contribution in [0.4, 0.5) is 0 Å². The highest BCUT2D eigenvalue weighted by atomic mass is 35.5. The fourth-order valence-corrected chi connectivity index (χ4v) is 3.16. The molecule has 0 atom stereocenters. The van der Waals surface area contributed by atoms with Crippen molar-refractivity contribution in [3.63, 3.8) is 0 Å². The minimum absolute atomic E-state index is 0.0598. The molecule has 0 radical (unpaired) electrons. The molecule has 1 aromatic carbocycles. The molecule has 0 aliphatic rings. The normalized spacial score (nSPS) is 11.8. The molecule has 0 amide bonds. The number of halogens is 1. The van der Waals surface area contributed by atoms with E-state index in [1.54, 1.807) is 44.2 Å². The van der Waals surface area contributed by atoms with Gasteiger partial charge in [-0.05, 0) is 58.4 Å². The fourth-order valence-electron chi connectivity index (χ4n) is 2.84. The highest BCUT2D eigenvalue weighted by molar-refractivity contribution is 6.36. The number of aromatic nitrogens is 2. The van der Waals surface area contributed by atoms with Gasteiger partial charge in [0.2, 0.25) is 5.82 Å². The summed E-state index contributed by atoms with van der Waals surface area (Å²) in [5.41, 5.74) is 1.47. The van der Waals surface area contributed by atoms with Crippen LogP contribution in [-0.2, 0) is 14.3 Å². The predicted octanol–water partition coefficient (Wildman–Crippen LogP) is 5.80. The van der Waals surface area contributed by atoms with Gasteiger partial charge >= 0.3 is 5.97 Å². The third kappa shape index (κ3) is 7.78. The maximum Gasteiger partial charge on any atom is 0.305 e. The summed E-state index contributed by atoms with van der Waals surface area (Å²) in [4.78, 5) is 15.8. The maximum atomic E-state index is 11.4. The number of rotatable bonds is 12. The van der Waals surface area contributed by atoms with Gasteiger partial charge in [-0.2, -0.15) is 10.2 Å². The lowest BCUT2D eigenvalue weighted by molar-refractivity contribution is -0.143. The van der Waals surface area contributed by atoms with Gasteiger partial charge in [0.25, 0.3) is 5.89 Å². The molecule has 9 heteroatoms. The van der Waals surface area contributed by atoms with Crippen molar-refractivity contribution in [3.05, 3.63) is 59.1 Å². The van der Waals surface area contributed by atoms with E-state index < -0.39 is 0 Å². The SMILES string of the molecule is C=C(C=C(Cl)C(=CC)c1noc(-c2ccc(OC(C)C)c(C#N)c2)n1)OCCCC(=O)OCC. The Balaban J connectivity index is 2.08. The summed E-state index contributed by atoms with van der Waals surface area (Å²) in [7, 11) is 0. The molecular weight excluding hydrogens is 458 g/mol. The first-order valence-corrected chi connectivity index (χ1v) is 11.2. The van der Waals surface area contributed by atoms with Crippen molar-refractivity contribution in [1.29, 1.82) is 5.26 Å². The van der Waals surface area contributed by atoms with Gasteiger partial charge < -0.3 is 18.7 Å². The number of nitriles is 1.